The molecule has 2 aliphatic heterocycles. The summed E-state index contributed by atoms with van der Waals surface area (Å²) in [5.41, 5.74) is 2.06. The first-order valence-corrected chi connectivity index (χ1v) is 10.8. The third kappa shape index (κ3) is 4.49. The Morgan fingerprint density at radius 2 is 1.77 bits per heavy atom. The van der Waals surface area contributed by atoms with Crippen LogP contribution in [-0.4, -0.2) is 40.6 Å². The van der Waals surface area contributed by atoms with Gasteiger partial charge in [-0.2, -0.15) is 0 Å². The number of nitrogens with zero attached hydrogens (tertiary/aromatic N) is 2. The van der Waals surface area contributed by atoms with Gasteiger partial charge in [-0.25, -0.2) is 0 Å². The molecule has 0 spiro atoms. The Labute approximate surface area is 186 Å². The number of rotatable bonds is 5. The zero-order chi connectivity index (χ0) is 22.0. The zero-order valence-corrected chi connectivity index (χ0v) is 18.1. The SMILES string of the molecule is C[C@@H]1CCCN(C(=O)c2ccc(NC3=C(Cl)C(=O)N(Cc4ccccc4)C3=O)cc2)C1. The summed E-state index contributed by atoms with van der Waals surface area (Å²) in [6.45, 7) is 3.86. The number of hydrogen-bond acceptors (Lipinski definition) is 4. The minimum atomic E-state index is -0.524. The largest absolute Gasteiger partial charge is 0.350 e. The standard InChI is InChI=1S/C24H24ClN3O3/c1-16-6-5-13-27(14-16)22(29)18-9-11-19(12-10-18)26-21-20(25)23(30)28(24(21)31)15-17-7-3-2-4-8-17/h2-4,7-12,16,26H,5-6,13-15H2,1H3/t16-/m1/s1. The predicted molar refractivity (Wildman–Crippen MR) is 119 cm³/mol. The average molecular weight is 438 g/mol. The molecule has 0 unspecified atom stereocenters. The molecule has 4 rings (SSSR count). The highest BCUT2D eigenvalue weighted by Gasteiger charge is 2.37. The van der Waals surface area contributed by atoms with Crippen LogP contribution in [0.15, 0.2) is 65.3 Å². The van der Waals surface area contributed by atoms with E-state index in [1.807, 2.05) is 35.2 Å². The summed E-state index contributed by atoms with van der Waals surface area (Å²) in [6.07, 6.45) is 2.17. The van der Waals surface area contributed by atoms with Crippen LogP contribution in [0.25, 0.3) is 0 Å². The van der Waals surface area contributed by atoms with Crippen LogP contribution in [0, 0.1) is 5.92 Å². The Kier molecular flexibility index (Phi) is 6.09. The molecule has 0 radical (unpaired) electrons. The molecule has 160 valence electrons. The van der Waals surface area contributed by atoms with Crippen LogP contribution >= 0.6 is 11.6 Å². The van der Waals surface area contributed by atoms with Crippen LogP contribution in [0.3, 0.4) is 0 Å². The minimum absolute atomic E-state index is 0.0107. The van der Waals surface area contributed by atoms with Crippen molar-refractivity contribution in [3.8, 4) is 0 Å². The van der Waals surface area contributed by atoms with Crippen LogP contribution < -0.4 is 5.32 Å². The Balaban J connectivity index is 1.44. The van der Waals surface area contributed by atoms with Crippen molar-refractivity contribution in [2.24, 2.45) is 5.92 Å². The monoisotopic (exact) mass is 437 g/mol. The third-order valence-corrected chi connectivity index (χ3v) is 5.99. The normalized spacial score (nSPS) is 19.2. The van der Waals surface area contributed by atoms with E-state index in [4.69, 9.17) is 11.6 Å². The number of nitrogens with one attached hydrogen (secondary N) is 1. The lowest BCUT2D eigenvalue weighted by molar-refractivity contribution is -0.138. The van der Waals surface area contributed by atoms with E-state index in [0.717, 1.165) is 36.4 Å². The highest BCUT2D eigenvalue weighted by atomic mass is 35.5. The first kappa shape index (κ1) is 21.1. The van der Waals surface area contributed by atoms with Crippen LogP contribution in [0.4, 0.5) is 5.69 Å². The fourth-order valence-electron chi connectivity index (χ4n) is 3.96. The van der Waals surface area contributed by atoms with Crippen LogP contribution in [0.2, 0.25) is 0 Å². The fraction of sp³-hybridized carbons (Fsp3) is 0.292. The molecule has 0 aliphatic carbocycles. The summed E-state index contributed by atoms with van der Waals surface area (Å²) >= 11 is 6.18. The Hall–Kier alpha value is -3.12. The van der Waals surface area contributed by atoms with Crippen molar-refractivity contribution in [3.63, 3.8) is 0 Å². The molecule has 1 saturated heterocycles. The first-order chi connectivity index (χ1) is 14.9. The van der Waals surface area contributed by atoms with Gasteiger partial charge in [-0.15, -0.1) is 0 Å². The lowest BCUT2D eigenvalue weighted by atomic mass is 9.99. The zero-order valence-electron chi connectivity index (χ0n) is 17.3. The van der Waals surface area contributed by atoms with E-state index in [1.54, 1.807) is 24.3 Å². The molecule has 2 aromatic rings. The molecule has 2 aliphatic rings. The third-order valence-electron chi connectivity index (χ3n) is 5.64. The van der Waals surface area contributed by atoms with Crippen molar-refractivity contribution < 1.29 is 14.4 Å². The molecule has 0 bridgehead atoms. The van der Waals surface area contributed by atoms with Gasteiger partial charge in [0, 0.05) is 24.3 Å². The fourth-order valence-corrected chi connectivity index (χ4v) is 4.19. The quantitative estimate of drug-likeness (QED) is 0.718. The molecular weight excluding hydrogens is 414 g/mol. The van der Waals surface area contributed by atoms with Crippen molar-refractivity contribution in [2.45, 2.75) is 26.3 Å². The topological polar surface area (TPSA) is 69.7 Å². The Morgan fingerprint density at radius 1 is 1.06 bits per heavy atom. The van der Waals surface area contributed by atoms with Gasteiger partial charge in [-0.3, -0.25) is 19.3 Å². The van der Waals surface area contributed by atoms with Crippen molar-refractivity contribution in [3.05, 3.63) is 76.5 Å². The first-order valence-electron chi connectivity index (χ1n) is 10.4. The lowest BCUT2D eigenvalue weighted by Gasteiger charge is -2.31. The molecule has 3 amide bonds. The van der Waals surface area contributed by atoms with E-state index in [9.17, 15) is 14.4 Å². The predicted octanol–water partition coefficient (Wildman–Crippen LogP) is 3.99. The van der Waals surface area contributed by atoms with E-state index in [-0.39, 0.29) is 23.2 Å². The molecule has 1 fully saturated rings. The lowest BCUT2D eigenvalue weighted by Crippen LogP contribution is -2.39. The number of benzene rings is 2. The molecule has 0 saturated carbocycles. The van der Waals surface area contributed by atoms with Crippen LogP contribution in [0.1, 0.15) is 35.7 Å². The second-order valence-corrected chi connectivity index (χ2v) is 8.45. The maximum Gasteiger partial charge on any atom is 0.279 e. The number of amides is 3. The summed E-state index contributed by atoms with van der Waals surface area (Å²) in [7, 11) is 0. The van der Waals surface area contributed by atoms with Gasteiger partial charge in [0.2, 0.25) is 0 Å². The highest BCUT2D eigenvalue weighted by Crippen LogP contribution is 2.27. The Bertz CT molecular complexity index is 1030. The summed E-state index contributed by atoms with van der Waals surface area (Å²) in [4.78, 5) is 41.0. The van der Waals surface area contributed by atoms with Gasteiger partial charge in [0.1, 0.15) is 10.7 Å². The molecule has 2 aromatic carbocycles. The van der Waals surface area contributed by atoms with E-state index in [2.05, 4.69) is 12.2 Å². The molecule has 6 nitrogen and oxygen atoms in total. The minimum Gasteiger partial charge on any atom is -0.350 e. The molecule has 31 heavy (non-hydrogen) atoms. The number of carbonyl (C=O) groups is 3. The van der Waals surface area contributed by atoms with Crippen molar-refractivity contribution in [1.82, 2.24) is 9.80 Å². The maximum absolute atomic E-state index is 12.8. The number of anilines is 1. The number of hydrogen-bond donors (Lipinski definition) is 1. The van der Waals surface area contributed by atoms with Gasteiger partial charge in [0.15, 0.2) is 0 Å². The van der Waals surface area contributed by atoms with Crippen molar-refractivity contribution >= 4 is 35.0 Å². The molecular formula is C24H24ClN3O3. The van der Waals surface area contributed by atoms with E-state index in [0.29, 0.717) is 17.2 Å². The van der Waals surface area contributed by atoms with E-state index < -0.39 is 11.8 Å². The molecule has 1 atom stereocenters. The second-order valence-electron chi connectivity index (χ2n) is 8.07. The smallest absolute Gasteiger partial charge is 0.279 e. The number of piperidine rings is 1. The number of likely N-dealkylation sites (tertiary alicyclic amines) is 1. The summed E-state index contributed by atoms with van der Waals surface area (Å²) in [5.74, 6) is -0.473. The van der Waals surface area contributed by atoms with E-state index >= 15 is 0 Å². The molecule has 1 N–H and O–H groups in total. The Morgan fingerprint density at radius 3 is 2.45 bits per heavy atom. The van der Waals surface area contributed by atoms with E-state index in [1.165, 1.54) is 0 Å². The molecule has 0 aromatic heterocycles. The number of imide groups is 1. The summed E-state index contributed by atoms with van der Waals surface area (Å²) < 4.78 is 0. The molecule has 2 heterocycles. The number of carbonyl (C=O) groups excluding carboxylic acids is 3. The summed E-state index contributed by atoms with van der Waals surface area (Å²) in [6, 6.07) is 16.1. The summed E-state index contributed by atoms with van der Waals surface area (Å²) in [5, 5.41) is 2.81. The van der Waals surface area contributed by atoms with Gasteiger partial charge in [0.05, 0.1) is 6.54 Å². The maximum atomic E-state index is 12.8. The van der Waals surface area contributed by atoms with Crippen molar-refractivity contribution in [2.75, 3.05) is 18.4 Å². The van der Waals surface area contributed by atoms with Gasteiger partial charge in [0.25, 0.3) is 17.7 Å². The van der Waals surface area contributed by atoms with Crippen LogP contribution in [-0.2, 0) is 16.1 Å². The van der Waals surface area contributed by atoms with Crippen LogP contribution in [0.5, 0.6) is 0 Å². The van der Waals surface area contributed by atoms with Gasteiger partial charge < -0.3 is 10.2 Å². The van der Waals surface area contributed by atoms with Gasteiger partial charge in [-0.05, 0) is 48.6 Å². The van der Waals surface area contributed by atoms with Gasteiger partial charge >= 0.3 is 0 Å². The average Bonchev–Trinajstić information content (AvgIpc) is 2.98. The van der Waals surface area contributed by atoms with Gasteiger partial charge in [-0.1, -0.05) is 48.9 Å². The molecule has 7 heteroatoms. The second kappa shape index (κ2) is 8.94. The highest BCUT2D eigenvalue weighted by molar-refractivity contribution is 6.48. The number of halogens is 1. The van der Waals surface area contributed by atoms with Crippen molar-refractivity contribution in [1.29, 1.82) is 0 Å².